The molecule has 0 radical (unpaired) electrons. The number of nitrogens with two attached hydrogens (primary N) is 2. The van der Waals surface area contributed by atoms with Gasteiger partial charge in [-0.25, -0.2) is 0 Å². The zero-order valence-corrected chi connectivity index (χ0v) is 18.0. The molecule has 12 nitrogen and oxygen atoms in total. The Kier molecular flexibility index (Phi) is 12.7. The predicted molar refractivity (Wildman–Crippen MR) is 110 cm³/mol. The van der Waals surface area contributed by atoms with Gasteiger partial charge in [0.2, 0.25) is 23.6 Å². The van der Waals surface area contributed by atoms with Crippen molar-refractivity contribution in [2.45, 2.75) is 63.4 Å². The lowest BCUT2D eigenvalue weighted by molar-refractivity contribution is -0.142. The topological polar surface area (TPSA) is 214 Å². The molecule has 172 valence electrons. The summed E-state index contributed by atoms with van der Waals surface area (Å²) in [5.74, 6) is -3.71. The number of amides is 4. The van der Waals surface area contributed by atoms with E-state index >= 15 is 0 Å². The third-order valence-corrected chi connectivity index (χ3v) is 4.72. The summed E-state index contributed by atoms with van der Waals surface area (Å²) < 4.78 is 0. The van der Waals surface area contributed by atoms with Crippen molar-refractivity contribution < 1.29 is 34.2 Å². The van der Waals surface area contributed by atoms with Crippen LogP contribution >= 0.6 is 11.8 Å². The molecule has 13 heteroatoms. The molecule has 0 aliphatic carbocycles. The summed E-state index contributed by atoms with van der Waals surface area (Å²) in [4.78, 5) is 58.9. The summed E-state index contributed by atoms with van der Waals surface area (Å²) in [6, 6.07) is -4.78. The molecule has 0 aliphatic heterocycles. The number of aliphatic carboxylic acids is 1. The number of carboxylic acid groups (broad SMARTS) is 1. The number of nitrogens with one attached hydrogen (secondary N) is 3. The van der Waals surface area contributed by atoms with Gasteiger partial charge in [0.05, 0.1) is 12.1 Å². The number of hydrogen-bond donors (Lipinski definition) is 7. The number of thioether (sulfide) groups is 1. The van der Waals surface area contributed by atoms with E-state index in [0.29, 0.717) is 5.75 Å². The number of aliphatic hydroxyl groups excluding tert-OH is 1. The van der Waals surface area contributed by atoms with Crippen LogP contribution in [0.3, 0.4) is 0 Å². The van der Waals surface area contributed by atoms with Crippen LogP contribution in [0.4, 0.5) is 0 Å². The Morgan fingerprint density at radius 1 is 0.967 bits per heavy atom. The van der Waals surface area contributed by atoms with Crippen LogP contribution in [-0.4, -0.2) is 82.1 Å². The van der Waals surface area contributed by atoms with Crippen LogP contribution < -0.4 is 27.4 Å². The van der Waals surface area contributed by atoms with Gasteiger partial charge in [-0.15, -0.1) is 0 Å². The SMILES string of the molecule is CSCCC(NC(=O)C(NC(=O)C(N)CCC(N)=O)C(C)O)C(=O)NC(C)C(=O)O. The van der Waals surface area contributed by atoms with E-state index in [4.69, 9.17) is 16.6 Å². The molecule has 0 spiro atoms. The van der Waals surface area contributed by atoms with Crippen LogP contribution in [0.25, 0.3) is 0 Å². The highest BCUT2D eigenvalue weighted by Gasteiger charge is 2.31. The van der Waals surface area contributed by atoms with Crippen molar-refractivity contribution in [1.29, 1.82) is 0 Å². The first kappa shape index (κ1) is 27.6. The fourth-order valence-electron chi connectivity index (χ4n) is 2.24. The quantitative estimate of drug-likeness (QED) is 0.146. The molecule has 0 saturated heterocycles. The second-order valence-electron chi connectivity index (χ2n) is 6.75. The molecule has 30 heavy (non-hydrogen) atoms. The number of rotatable bonds is 14. The smallest absolute Gasteiger partial charge is 0.325 e. The number of carbonyl (C=O) groups is 5. The van der Waals surface area contributed by atoms with Gasteiger partial charge in [0.1, 0.15) is 18.1 Å². The van der Waals surface area contributed by atoms with Crippen molar-refractivity contribution >= 4 is 41.4 Å². The van der Waals surface area contributed by atoms with Crippen molar-refractivity contribution in [2.24, 2.45) is 11.5 Å². The van der Waals surface area contributed by atoms with E-state index < -0.39 is 59.9 Å². The van der Waals surface area contributed by atoms with Crippen LogP contribution in [0, 0.1) is 0 Å². The summed E-state index contributed by atoms with van der Waals surface area (Å²) in [5, 5.41) is 25.8. The molecular weight excluding hydrogens is 418 g/mol. The Balaban J connectivity index is 5.18. The number of primary amides is 1. The maximum atomic E-state index is 12.6. The van der Waals surface area contributed by atoms with Gasteiger partial charge in [-0.2, -0.15) is 11.8 Å². The summed E-state index contributed by atoms with van der Waals surface area (Å²) in [6.07, 6.45) is 0.506. The number of aliphatic hydroxyl groups is 1. The second kappa shape index (κ2) is 13.8. The molecule has 0 saturated carbocycles. The molecule has 0 aromatic heterocycles. The first-order valence-corrected chi connectivity index (χ1v) is 10.6. The van der Waals surface area contributed by atoms with E-state index in [2.05, 4.69) is 16.0 Å². The van der Waals surface area contributed by atoms with Gasteiger partial charge in [-0.3, -0.25) is 24.0 Å². The highest BCUT2D eigenvalue weighted by molar-refractivity contribution is 7.98. The normalized spacial score (nSPS) is 15.8. The van der Waals surface area contributed by atoms with Crippen molar-refractivity contribution in [3.05, 3.63) is 0 Å². The van der Waals surface area contributed by atoms with Gasteiger partial charge >= 0.3 is 5.97 Å². The minimum Gasteiger partial charge on any atom is -0.480 e. The van der Waals surface area contributed by atoms with E-state index in [1.54, 1.807) is 6.26 Å². The fraction of sp³-hybridized carbons (Fsp3) is 0.706. The monoisotopic (exact) mass is 449 g/mol. The summed E-state index contributed by atoms with van der Waals surface area (Å²) in [7, 11) is 0. The minimum atomic E-state index is -1.42. The standard InChI is InChI=1S/C17H31N5O7S/c1-8(17(28)29)20-15(26)11(6-7-30-3)21-16(27)13(9(2)23)22-14(25)10(18)4-5-12(19)24/h8-11,13,23H,4-7,18H2,1-3H3,(H2,19,24)(H,20,26)(H,21,27)(H,22,25)(H,28,29). The molecule has 0 rings (SSSR count). The summed E-state index contributed by atoms with van der Waals surface area (Å²) >= 11 is 1.42. The van der Waals surface area contributed by atoms with Crippen LogP contribution in [-0.2, 0) is 24.0 Å². The van der Waals surface area contributed by atoms with Crippen molar-refractivity contribution in [3.8, 4) is 0 Å². The highest BCUT2D eigenvalue weighted by Crippen LogP contribution is 2.04. The van der Waals surface area contributed by atoms with E-state index in [0.717, 1.165) is 0 Å². The number of carbonyl (C=O) groups excluding carboxylic acids is 4. The maximum absolute atomic E-state index is 12.6. The zero-order chi connectivity index (χ0) is 23.4. The molecule has 4 amide bonds. The van der Waals surface area contributed by atoms with E-state index in [1.807, 2.05) is 0 Å². The molecule has 5 unspecified atom stereocenters. The highest BCUT2D eigenvalue weighted by atomic mass is 32.2. The van der Waals surface area contributed by atoms with Gasteiger partial charge in [0, 0.05) is 6.42 Å². The molecule has 5 atom stereocenters. The maximum Gasteiger partial charge on any atom is 0.325 e. The summed E-state index contributed by atoms with van der Waals surface area (Å²) in [5.41, 5.74) is 10.7. The third kappa shape index (κ3) is 10.4. The third-order valence-electron chi connectivity index (χ3n) is 4.07. The molecule has 0 bridgehead atoms. The van der Waals surface area contributed by atoms with Gasteiger partial charge in [0.15, 0.2) is 0 Å². The van der Waals surface area contributed by atoms with Crippen LogP contribution in [0.2, 0.25) is 0 Å². The van der Waals surface area contributed by atoms with Gasteiger partial charge in [-0.05, 0) is 38.7 Å². The van der Waals surface area contributed by atoms with Crippen LogP contribution in [0.5, 0.6) is 0 Å². The van der Waals surface area contributed by atoms with E-state index in [1.165, 1.54) is 25.6 Å². The number of carboxylic acids is 1. The molecule has 0 fully saturated rings. The lowest BCUT2D eigenvalue weighted by atomic mass is 10.1. The molecule has 0 heterocycles. The molecule has 0 aliphatic rings. The van der Waals surface area contributed by atoms with Crippen molar-refractivity contribution in [3.63, 3.8) is 0 Å². The lowest BCUT2D eigenvalue weighted by Gasteiger charge is -2.26. The van der Waals surface area contributed by atoms with E-state index in [-0.39, 0.29) is 19.3 Å². The Bertz CT molecular complexity index is 632. The van der Waals surface area contributed by atoms with Crippen molar-refractivity contribution in [2.75, 3.05) is 12.0 Å². The predicted octanol–water partition coefficient (Wildman–Crippen LogP) is -2.73. The van der Waals surface area contributed by atoms with Gasteiger partial charge in [-0.1, -0.05) is 0 Å². The molecule has 0 aromatic rings. The minimum absolute atomic E-state index is 0.0405. The van der Waals surface area contributed by atoms with E-state index in [9.17, 15) is 29.1 Å². The average molecular weight is 450 g/mol. The number of hydrogen-bond acceptors (Lipinski definition) is 8. The first-order valence-electron chi connectivity index (χ1n) is 9.25. The Labute approximate surface area is 178 Å². The lowest BCUT2D eigenvalue weighted by Crippen LogP contribution is -2.59. The van der Waals surface area contributed by atoms with Crippen LogP contribution in [0.1, 0.15) is 33.1 Å². The van der Waals surface area contributed by atoms with Crippen molar-refractivity contribution in [1.82, 2.24) is 16.0 Å². The second-order valence-corrected chi connectivity index (χ2v) is 7.74. The largest absolute Gasteiger partial charge is 0.480 e. The first-order chi connectivity index (χ1) is 13.9. The van der Waals surface area contributed by atoms with Crippen LogP contribution in [0.15, 0.2) is 0 Å². The Morgan fingerprint density at radius 3 is 2.03 bits per heavy atom. The molecule has 0 aromatic carbocycles. The Hall–Kier alpha value is -2.38. The average Bonchev–Trinajstić information content (AvgIpc) is 2.66. The zero-order valence-electron chi connectivity index (χ0n) is 17.2. The Morgan fingerprint density at radius 2 is 1.57 bits per heavy atom. The molecular formula is C17H31N5O7S. The van der Waals surface area contributed by atoms with Gasteiger partial charge < -0.3 is 37.6 Å². The fourth-order valence-corrected chi connectivity index (χ4v) is 2.71. The van der Waals surface area contributed by atoms with Gasteiger partial charge in [0.25, 0.3) is 0 Å². The summed E-state index contributed by atoms with van der Waals surface area (Å²) in [6.45, 7) is 2.54. The molecule has 9 N–H and O–H groups in total.